The molecule has 120 valence electrons. The van der Waals surface area contributed by atoms with Gasteiger partial charge in [0.2, 0.25) is 0 Å². The van der Waals surface area contributed by atoms with Crippen molar-refractivity contribution in [3.05, 3.63) is 58.6 Å². The molecule has 0 aliphatic carbocycles. The van der Waals surface area contributed by atoms with Crippen LogP contribution < -0.4 is 15.2 Å². The minimum atomic E-state index is -0.887. The normalized spacial score (nSPS) is 9.87. The second kappa shape index (κ2) is 7.71. The van der Waals surface area contributed by atoms with Gasteiger partial charge in [-0.2, -0.15) is 5.48 Å². The molecule has 2 aromatic rings. The standard InChI is InChI=1S/C15H12Cl2N2O4/c1-10(20)19(23-14-8-4-12(17)5-9-14)15(21)18-22-13-6-2-11(16)3-7-13/h2-9H,1H3,(H,18,21). The fourth-order valence-corrected chi connectivity index (χ4v) is 1.75. The number of hydrogen-bond donors (Lipinski definition) is 1. The number of nitrogens with zero attached hydrogens (tertiary/aromatic N) is 1. The van der Waals surface area contributed by atoms with Crippen molar-refractivity contribution in [3.63, 3.8) is 0 Å². The zero-order valence-electron chi connectivity index (χ0n) is 12.0. The molecule has 2 aromatic carbocycles. The Bertz CT molecular complexity index is 690. The van der Waals surface area contributed by atoms with Gasteiger partial charge in [-0.3, -0.25) is 4.79 Å². The zero-order chi connectivity index (χ0) is 16.8. The lowest BCUT2D eigenvalue weighted by Crippen LogP contribution is -2.46. The highest BCUT2D eigenvalue weighted by molar-refractivity contribution is 6.30. The smallest absolute Gasteiger partial charge is 0.378 e. The van der Waals surface area contributed by atoms with Crippen molar-refractivity contribution in [2.45, 2.75) is 6.92 Å². The predicted molar refractivity (Wildman–Crippen MR) is 85.2 cm³/mol. The summed E-state index contributed by atoms with van der Waals surface area (Å²) in [6.07, 6.45) is 0. The number of benzene rings is 2. The number of imide groups is 1. The molecular formula is C15H12Cl2N2O4. The average Bonchev–Trinajstić information content (AvgIpc) is 2.53. The van der Waals surface area contributed by atoms with Gasteiger partial charge in [-0.05, 0) is 48.5 Å². The zero-order valence-corrected chi connectivity index (χ0v) is 13.5. The van der Waals surface area contributed by atoms with Crippen LogP contribution in [-0.4, -0.2) is 17.0 Å². The third-order valence-electron chi connectivity index (χ3n) is 2.55. The summed E-state index contributed by atoms with van der Waals surface area (Å²) in [5.41, 5.74) is 2.10. The number of hydrogen-bond acceptors (Lipinski definition) is 4. The molecule has 0 saturated heterocycles. The van der Waals surface area contributed by atoms with Gasteiger partial charge in [-0.15, -0.1) is 0 Å². The van der Waals surface area contributed by atoms with Gasteiger partial charge in [-0.1, -0.05) is 28.3 Å². The Hall–Kier alpha value is -2.44. The fourth-order valence-electron chi connectivity index (χ4n) is 1.50. The van der Waals surface area contributed by atoms with Crippen LogP contribution in [0, 0.1) is 0 Å². The summed E-state index contributed by atoms with van der Waals surface area (Å²) in [5, 5.41) is 1.56. The Morgan fingerprint density at radius 3 is 1.87 bits per heavy atom. The van der Waals surface area contributed by atoms with E-state index in [1.807, 2.05) is 0 Å². The number of carbonyl (C=O) groups excluding carboxylic acids is 2. The number of carbonyl (C=O) groups is 2. The van der Waals surface area contributed by atoms with E-state index in [2.05, 4.69) is 5.48 Å². The average molecular weight is 355 g/mol. The van der Waals surface area contributed by atoms with E-state index >= 15 is 0 Å². The molecule has 0 fully saturated rings. The van der Waals surface area contributed by atoms with Crippen LogP contribution in [0.15, 0.2) is 48.5 Å². The summed E-state index contributed by atoms with van der Waals surface area (Å²) in [5.74, 6) is -0.0128. The van der Waals surface area contributed by atoms with Gasteiger partial charge in [-0.25, -0.2) is 4.79 Å². The minimum absolute atomic E-state index is 0.270. The third kappa shape index (κ3) is 5.05. The number of urea groups is 1. The lowest BCUT2D eigenvalue weighted by molar-refractivity contribution is -0.145. The van der Waals surface area contributed by atoms with Crippen molar-refractivity contribution in [3.8, 4) is 11.5 Å². The predicted octanol–water partition coefficient (Wildman–Crippen LogP) is 3.84. The highest BCUT2D eigenvalue weighted by Gasteiger charge is 2.21. The maximum Gasteiger partial charge on any atom is 0.391 e. The van der Waals surface area contributed by atoms with E-state index in [0.29, 0.717) is 20.9 Å². The summed E-state index contributed by atoms with van der Waals surface area (Å²) >= 11 is 11.5. The van der Waals surface area contributed by atoms with Crippen LogP contribution in [0.2, 0.25) is 10.0 Å². The molecule has 0 aromatic heterocycles. The van der Waals surface area contributed by atoms with Gasteiger partial charge in [0.25, 0.3) is 5.91 Å². The molecule has 3 amide bonds. The molecule has 0 aliphatic heterocycles. The molecule has 0 radical (unpaired) electrons. The first-order valence-electron chi connectivity index (χ1n) is 6.42. The first kappa shape index (κ1) is 16.9. The van der Waals surface area contributed by atoms with Crippen molar-refractivity contribution in [1.82, 2.24) is 10.5 Å². The minimum Gasteiger partial charge on any atom is -0.378 e. The summed E-state index contributed by atoms with van der Waals surface area (Å²) < 4.78 is 0. The number of rotatable bonds is 4. The number of halogens is 2. The first-order valence-corrected chi connectivity index (χ1v) is 7.18. The number of hydroxylamine groups is 3. The Labute approximate surface area is 142 Å². The van der Waals surface area contributed by atoms with E-state index in [9.17, 15) is 9.59 Å². The van der Waals surface area contributed by atoms with Crippen LogP contribution in [-0.2, 0) is 4.79 Å². The molecule has 0 bridgehead atoms. The van der Waals surface area contributed by atoms with E-state index in [4.69, 9.17) is 32.9 Å². The van der Waals surface area contributed by atoms with Crippen LogP contribution in [0.5, 0.6) is 11.5 Å². The molecule has 0 spiro atoms. The fraction of sp³-hybridized carbons (Fsp3) is 0.0667. The maximum absolute atomic E-state index is 12.0. The van der Waals surface area contributed by atoms with Crippen molar-refractivity contribution in [2.24, 2.45) is 0 Å². The molecule has 6 nitrogen and oxygen atoms in total. The van der Waals surface area contributed by atoms with Crippen LogP contribution >= 0.6 is 23.2 Å². The van der Waals surface area contributed by atoms with Crippen molar-refractivity contribution >= 4 is 35.1 Å². The molecule has 23 heavy (non-hydrogen) atoms. The Balaban J connectivity index is 1.99. The van der Waals surface area contributed by atoms with Crippen LogP contribution in [0.1, 0.15) is 6.92 Å². The number of amides is 3. The summed E-state index contributed by atoms with van der Waals surface area (Å²) in [4.78, 5) is 33.8. The third-order valence-corrected chi connectivity index (χ3v) is 3.05. The Kier molecular flexibility index (Phi) is 5.67. The monoisotopic (exact) mass is 354 g/mol. The van der Waals surface area contributed by atoms with Crippen molar-refractivity contribution in [1.29, 1.82) is 0 Å². The Morgan fingerprint density at radius 1 is 0.913 bits per heavy atom. The summed E-state index contributed by atoms with van der Waals surface area (Å²) in [6, 6.07) is 11.6. The molecule has 2 rings (SSSR count). The highest BCUT2D eigenvalue weighted by Crippen LogP contribution is 2.17. The van der Waals surface area contributed by atoms with Crippen LogP contribution in [0.25, 0.3) is 0 Å². The SMILES string of the molecule is CC(=O)N(Oc1ccc(Cl)cc1)C(=O)NOc1ccc(Cl)cc1. The topological polar surface area (TPSA) is 67.9 Å². The van der Waals surface area contributed by atoms with Crippen LogP contribution in [0.3, 0.4) is 0 Å². The molecule has 0 saturated carbocycles. The molecule has 0 unspecified atom stereocenters. The van der Waals surface area contributed by atoms with E-state index in [0.717, 1.165) is 0 Å². The number of nitrogens with one attached hydrogen (secondary N) is 1. The van der Waals surface area contributed by atoms with Gasteiger partial charge in [0.15, 0.2) is 11.5 Å². The van der Waals surface area contributed by atoms with Gasteiger partial charge >= 0.3 is 6.03 Å². The summed E-state index contributed by atoms with van der Waals surface area (Å²) in [6.45, 7) is 1.18. The van der Waals surface area contributed by atoms with E-state index in [-0.39, 0.29) is 5.75 Å². The van der Waals surface area contributed by atoms with E-state index in [1.54, 1.807) is 36.4 Å². The van der Waals surface area contributed by atoms with Gasteiger partial charge in [0.1, 0.15) is 0 Å². The molecule has 0 heterocycles. The highest BCUT2D eigenvalue weighted by atomic mass is 35.5. The van der Waals surface area contributed by atoms with Gasteiger partial charge in [0.05, 0.1) is 0 Å². The molecule has 1 N–H and O–H groups in total. The largest absolute Gasteiger partial charge is 0.391 e. The van der Waals surface area contributed by atoms with Gasteiger partial charge in [0, 0.05) is 17.0 Å². The molecule has 0 aliphatic rings. The lowest BCUT2D eigenvalue weighted by atomic mass is 10.3. The van der Waals surface area contributed by atoms with Crippen molar-refractivity contribution in [2.75, 3.05) is 0 Å². The molecule has 8 heteroatoms. The summed E-state index contributed by atoms with van der Waals surface area (Å²) in [7, 11) is 0. The van der Waals surface area contributed by atoms with Crippen molar-refractivity contribution < 1.29 is 19.3 Å². The van der Waals surface area contributed by atoms with E-state index in [1.165, 1.54) is 19.1 Å². The second-order valence-electron chi connectivity index (χ2n) is 4.32. The second-order valence-corrected chi connectivity index (χ2v) is 5.19. The first-order chi connectivity index (χ1) is 11.0. The maximum atomic E-state index is 12.0. The molecular weight excluding hydrogens is 343 g/mol. The van der Waals surface area contributed by atoms with E-state index < -0.39 is 11.9 Å². The Morgan fingerprint density at radius 2 is 1.39 bits per heavy atom. The van der Waals surface area contributed by atoms with Gasteiger partial charge < -0.3 is 9.68 Å². The quantitative estimate of drug-likeness (QED) is 0.847. The lowest BCUT2D eigenvalue weighted by Gasteiger charge is -2.19. The van der Waals surface area contributed by atoms with Crippen LogP contribution in [0.4, 0.5) is 4.79 Å². The molecule has 0 atom stereocenters.